The van der Waals surface area contributed by atoms with Gasteiger partial charge in [0, 0.05) is 23.4 Å². The van der Waals surface area contributed by atoms with Crippen LogP contribution in [0.2, 0.25) is 10.0 Å². The molecule has 1 heterocycles. The molecule has 0 saturated heterocycles. The van der Waals surface area contributed by atoms with Crippen molar-refractivity contribution in [3.05, 3.63) is 93.8 Å². The van der Waals surface area contributed by atoms with Crippen LogP contribution in [0.15, 0.2) is 66.9 Å². The average molecular weight is 483 g/mol. The Morgan fingerprint density at radius 1 is 1.00 bits per heavy atom. The number of halogens is 2. The summed E-state index contributed by atoms with van der Waals surface area (Å²) in [7, 11) is 0. The zero-order chi connectivity index (χ0) is 24.0. The number of imidazole rings is 1. The molecule has 1 unspecified atom stereocenters. The second-order valence-electron chi connectivity index (χ2n) is 9.49. The lowest BCUT2D eigenvalue weighted by molar-refractivity contribution is 0.0742. The minimum atomic E-state index is -1.11. The number of hydrogen-bond donors (Lipinski definition) is 2. The highest BCUT2D eigenvalue weighted by molar-refractivity contribution is 6.43. The normalized spacial score (nSPS) is 16.7. The predicted octanol–water partition coefficient (Wildman–Crippen LogP) is 6.90. The standard InChI is InChI=1S/C27H28Cl2N2O2/c1-26(2,32)19-8-5-7-18(15-19)17-11-13-20(14-12-17)31-16-23(27(3,4)33)30-25(31)21-9-6-10-22(28)24(21)29/h5-11,13-17,32-33H,12H2,1-4H3. The van der Waals surface area contributed by atoms with Crippen molar-refractivity contribution in [1.29, 1.82) is 0 Å². The van der Waals surface area contributed by atoms with Gasteiger partial charge in [-0.05, 0) is 63.5 Å². The molecule has 2 N–H and O–H groups in total. The third-order valence-corrected chi connectivity index (χ3v) is 6.72. The maximum absolute atomic E-state index is 10.6. The minimum Gasteiger partial charge on any atom is -0.386 e. The molecule has 0 aliphatic heterocycles. The number of nitrogens with zero attached hydrogens (tertiary/aromatic N) is 2. The SMILES string of the molecule is CC(C)(O)c1cccc(C2C=CC(n3cc(C(C)(C)O)nc3-c3cccc(Cl)c3Cl)=CC2)c1. The summed E-state index contributed by atoms with van der Waals surface area (Å²) < 4.78 is 1.95. The van der Waals surface area contributed by atoms with E-state index >= 15 is 0 Å². The second-order valence-corrected chi connectivity index (χ2v) is 10.3. The molecule has 1 atom stereocenters. The van der Waals surface area contributed by atoms with Gasteiger partial charge in [-0.25, -0.2) is 4.98 Å². The molecular formula is C27H28Cl2N2O2. The van der Waals surface area contributed by atoms with Crippen LogP contribution in [0.3, 0.4) is 0 Å². The van der Waals surface area contributed by atoms with Crippen LogP contribution < -0.4 is 0 Å². The molecule has 2 aromatic carbocycles. The van der Waals surface area contributed by atoms with Gasteiger partial charge in [0.15, 0.2) is 0 Å². The first kappa shape index (κ1) is 23.8. The van der Waals surface area contributed by atoms with Crippen molar-refractivity contribution in [1.82, 2.24) is 9.55 Å². The Morgan fingerprint density at radius 2 is 1.73 bits per heavy atom. The average Bonchev–Trinajstić information content (AvgIpc) is 3.21. The Bertz CT molecular complexity index is 1240. The van der Waals surface area contributed by atoms with Crippen LogP contribution in [0.1, 0.15) is 56.9 Å². The Morgan fingerprint density at radius 3 is 2.36 bits per heavy atom. The largest absolute Gasteiger partial charge is 0.386 e. The van der Waals surface area contributed by atoms with Crippen LogP contribution >= 0.6 is 23.2 Å². The lowest BCUT2D eigenvalue weighted by Gasteiger charge is -2.22. The van der Waals surface area contributed by atoms with Gasteiger partial charge in [0.25, 0.3) is 0 Å². The molecule has 0 amide bonds. The molecule has 172 valence electrons. The quantitative estimate of drug-likeness (QED) is 0.415. The number of allylic oxidation sites excluding steroid dienone is 4. The second kappa shape index (κ2) is 8.77. The number of aromatic nitrogens is 2. The molecule has 1 aromatic heterocycles. The molecule has 4 nitrogen and oxygen atoms in total. The molecule has 6 heteroatoms. The zero-order valence-corrected chi connectivity index (χ0v) is 20.7. The van der Waals surface area contributed by atoms with Gasteiger partial charge in [-0.3, -0.25) is 4.57 Å². The molecule has 0 spiro atoms. The van der Waals surface area contributed by atoms with Crippen LogP contribution in [0, 0.1) is 0 Å². The topological polar surface area (TPSA) is 58.3 Å². The van der Waals surface area contributed by atoms with Gasteiger partial charge in [0.05, 0.1) is 21.3 Å². The van der Waals surface area contributed by atoms with E-state index < -0.39 is 11.2 Å². The van der Waals surface area contributed by atoms with E-state index in [9.17, 15) is 10.2 Å². The van der Waals surface area contributed by atoms with Crippen molar-refractivity contribution in [2.75, 3.05) is 0 Å². The fourth-order valence-corrected chi connectivity index (χ4v) is 4.31. The molecule has 0 saturated carbocycles. The van der Waals surface area contributed by atoms with Crippen molar-refractivity contribution in [3.63, 3.8) is 0 Å². The van der Waals surface area contributed by atoms with Crippen LogP contribution in [0.5, 0.6) is 0 Å². The molecule has 0 bridgehead atoms. The van der Waals surface area contributed by atoms with E-state index in [-0.39, 0.29) is 5.92 Å². The molecule has 1 aliphatic rings. The van der Waals surface area contributed by atoms with E-state index in [0.717, 1.165) is 23.2 Å². The van der Waals surface area contributed by atoms with Crippen molar-refractivity contribution >= 4 is 28.9 Å². The summed E-state index contributed by atoms with van der Waals surface area (Å²) in [5.74, 6) is 0.824. The summed E-state index contributed by atoms with van der Waals surface area (Å²) in [5.41, 5.74) is 2.25. The van der Waals surface area contributed by atoms with E-state index in [1.54, 1.807) is 33.8 Å². The Kier molecular flexibility index (Phi) is 6.32. The Hall–Kier alpha value is -2.37. The molecule has 1 aliphatic carbocycles. The molecular weight excluding hydrogens is 455 g/mol. The number of aliphatic hydroxyl groups is 2. The third kappa shape index (κ3) is 4.95. The summed E-state index contributed by atoms with van der Waals surface area (Å²) in [6.45, 7) is 7.00. The first-order chi connectivity index (χ1) is 15.4. The number of rotatable bonds is 5. The summed E-state index contributed by atoms with van der Waals surface area (Å²) >= 11 is 12.8. The van der Waals surface area contributed by atoms with E-state index in [1.807, 2.05) is 35.0 Å². The van der Waals surface area contributed by atoms with E-state index in [0.29, 0.717) is 27.1 Å². The zero-order valence-electron chi connectivity index (χ0n) is 19.2. The monoisotopic (exact) mass is 482 g/mol. The Labute approximate surface area is 204 Å². The van der Waals surface area contributed by atoms with Gasteiger partial charge < -0.3 is 10.2 Å². The van der Waals surface area contributed by atoms with Crippen molar-refractivity contribution in [2.24, 2.45) is 0 Å². The van der Waals surface area contributed by atoms with Gasteiger partial charge in [0.2, 0.25) is 0 Å². The maximum atomic E-state index is 10.6. The van der Waals surface area contributed by atoms with Crippen molar-refractivity contribution < 1.29 is 10.2 Å². The van der Waals surface area contributed by atoms with Crippen LogP contribution in [0.25, 0.3) is 17.1 Å². The van der Waals surface area contributed by atoms with E-state index in [2.05, 4.69) is 30.4 Å². The Balaban J connectivity index is 1.71. The number of hydrogen-bond acceptors (Lipinski definition) is 3. The minimum absolute atomic E-state index is 0.200. The van der Waals surface area contributed by atoms with Crippen LogP contribution in [0.4, 0.5) is 0 Å². The first-order valence-electron chi connectivity index (χ1n) is 10.9. The smallest absolute Gasteiger partial charge is 0.146 e. The van der Waals surface area contributed by atoms with Gasteiger partial charge in [-0.1, -0.05) is 65.7 Å². The highest BCUT2D eigenvalue weighted by Crippen LogP contribution is 2.37. The highest BCUT2D eigenvalue weighted by Gasteiger charge is 2.25. The summed E-state index contributed by atoms with van der Waals surface area (Å²) in [6, 6.07) is 13.5. The third-order valence-electron chi connectivity index (χ3n) is 5.90. The van der Waals surface area contributed by atoms with Gasteiger partial charge in [-0.15, -0.1) is 0 Å². The maximum Gasteiger partial charge on any atom is 0.146 e. The first-order valence-corrected chi connectivity index (χ1v) is 11.7. The van der Waals surface area contributed by atoms with E-state index in [1.165, 1.54) is 0 Å². The molecule has 0 radical (unpaired) electrons. The summed E-state index contributed by atoms with van der Waals surface area (Å²) in [6.07, 6.45) is 9.01. The number of benzene rings is 2. The lowest BCUT2D eigenvalue weighted by atomic mass is 9.88. The van der Waals surface area contributed by atoms with Gasteiger partial charge in [0.1, 0.15) is 11.4 Å². The summed E-state index contributed by atoms with van der Waals surface area (Å²) in [5, 5.41) is 21.8. The fraction of sp³-hybridized carbons (Fsp3) is 0.296. The highest BCUT2D eigenvalue weighted by atomic mass is 35.5. The molecule has 3 aromatic rings. The predicted molar refractivity (Wildman–Crippen MR) is 135 cm³/mol. The van der Waals surface area contributed by atoms with E-state index in [4.69, 9.17) is 28.2 Å². The summed E-state index contributed by atoms with van der Waals surface area (Å²) in [4.78, 5) is 4.71. The van der Waals surface area contributed by atoms with Crippen molar-refractivity contribution in [3.8, 4) is 11.4 Å². The molecule has 4 rings (SSSR count). The van der Waals surface area contributed by atoms with Crippen LogP contribution in [-0.4, -0.2) is 19.8 Å². The van der Waals surface area contributed by atoms with Crippen LogP contribution in [-0.2, 0) is 11.2 Å². The molecule has 33 heavy (non-hydrogen) atoms. The fourth-order valence-electron chi connectivity index (χ4n) is 3.92. The van der Waals surface area contributed by atoms with Gasteiger partial charge in [-0.2, -0.15) is 0 Å². The lowest BCUT2D eigenvalue weighted by Crippen LogP contribution is -2.16. The van der Waals surface area contributed by atoms with Crippen molar-refractivity contribution in [2.45, 2.75) is 51.2 Å². The molecule has 0 fully saturated rings. The van der Waals surface area contributed by atoms with Gasteiger partial charge >= 0.3 is 0 Å².